The molecule has 2 N–H and O–H groups in total. The number of aliphatic carboxylic acids is 1. The minimum Gasteiger partial charge on any atom is -0.481 e. The highest BCUT2D eigenvalue weighted by atomic mass is 16.5. The molecule has 1 amide bonds. The highest BCUT2D eigenvalue weighted by Crippen LogP contribution is 2.48. The number of methoxy groups -OCH3 is 1. The third-order valence-electron chi connectivity index (χ3n) is 4.64. The first-order valence-electron chi connectivity index (χ1n) is 7.42. The summed E-state index contributed by atoms with van der Waals surface area (Å²) in [5, 5.41) is 12.1. The lowest BCUT2D eigenvalue weighted by Crippen LogP contribution is -2.36. The number of esters is 1. The number of rotatable bonds is 4. The lowest BCUT2D eigenvalue weighted by atomic mass is 9.82. The zero-order valence-electron chi connectivity index (χ0n) is 12.6. The molecule has 0 heterocycles. The van der Waals surface area contributed by atoms with E-state index in [9.17, 15) is 19.5 Å². The van der Waals surface area contributed by atoms with Gasteiger partial charge in [0.2, 0.25) is 5.91 Å². The first kappa shape index (κ1) is 15.3. The van der Waals surface area contributed by atoms with Crippen molar-refractivity contribution < 1.29 is 24.2 Å². The SMILES string of the molecule is COC(=O)c1ccccc1NC(=O)[C@@H]1[C@@H](C(=O)O)[C@@H]2C=C[C@H]1C2. The number of hydrogen-bond donors (Lipinski definition) is 2. The molecule has 1 aromatic carbocycles. The molecular formula is C17H17NO5. The second-order valence-corrected chi connectivity index (χ2v) is 5.86. The maximum absolute atomic E-state index is 12.6. The molecule has 6 heteroatoms. The Bertz CT molecular complexity index is 696. The monoisotopic (exact) mass is 315 g/mol. The lowest BCUT2D eigenvalue weighted by molar-refractivity contribution is -0.146. The number of hydrogen-bond acceptors (Lipinski definition) is 4. The highest BCUT2D eigenvalue weighted by molar-refractivity contribution is 6.03. The third-order valence-corrected chi connectivity index (χ3v) is 4.64. The van der Waals surface area contributed by atoms with Gasteiger partial charge in [0.25, 0.3) is 0 Å². The van der Waals surface area contributed by atoms with Crippen molar-refractivity contribution >= 4 is 23.5 Å². The normalized spacial score (nSPS) is 27.7. The van der Waals surface area contributed by atoms with Crippen LogP contribution in [-0.4, -0.2) is 30.1 Å². The van der Waals surface area contributed by atoms with Gasteiger partial charge in [0.1, 0.15) is 0 Å². The van der Waals surface area contributed by atoms with Crippen molar-refractivity contribution in [1.29, 1.82) is 0 Å². The molecule has 6 nitrogen and oxygen atoms in total. The standard InChI is InChI=1S/C17H17NO5/c1-23-17(22)11-4-2-3-5-12(11)18-15(19)13-9-6-7-10(8-9)14(13)16(20)21/h2-7,9-10,13-14H,8H2,1H3,(H,18,19)(H,20,21)/t9-,10+,13-,14-/m0/s1. The van der Waals surface area contributed by atoms with Crippen LogP contribution in [0.5, 0.6) is 0 Å². The van der Waals surface area contributed by atoms with E-state index in [1.807, 2.05) is 12.2 Å². The molecule has 0 aromatic heterocycles. The van der Waals surface area contributed by atoms with Crippen LogP contribution in [0.2, 0.25) is 0 Å². The van der Waals surface area contributed by atoms with Gasteiger partial charge in [-0.25, -0.2) is 4.79 Å². The van der Waals surface area contributed by atoms with Crippen LogP contribution in [0.1, 0.15) is 16.8 Å². The topological polar surface area (TPSA) is 92.7 Å². The van der Waals surface area contributed by atoms with Gasteiger partial charge in [0.05, 0.1) is 30.2 Å². The van der Waals surface area contributed by atoms with Gasteiger partial charge in [-0.05, 0) is 30.4 Å². The molecule has 0 aliphatic heterocycles. The van der Waals surface area contributed by atoms with Gasteiger partial charge in [-0.15, -0.1) is 0 Å². The molecule has 120 valence electrons. The van der Waals surface area contributed by atoms with Gasteiger partial charge in [-0.3, -0.25) is 9.59 Å². The van der Waals surface area contributed by atoms with Crippen molar-refractivity contribution in [2.24, 2.45) is 23.7 Å². The largest absolute Gasteiger partial charge is 0.481 e. The van der Waals surface area contributed by atoms with Crippen molar-refractivity contribution in [3.8, 4) is 0 Å². The van der Waals surface area contributed by atoms with E-state index < -0.39 is 23.8 Å². The predicted molar refractivity (Wildman–Crippen MR) is 81.8 cm³/mol. The van der Waals surface area contributed by atoms with Gasteiger partial charge in [-0.1, -0.05) is 24.3 Å². The summed E-state index contributed by atoms with van der Waals surface area (Å²) in [4.78, 5) is 35.9. The van der Waals surface area contributed by atoms with Crippen molar-refractivity contribution in [3.63, 3.8) is 0 Å². The number of carboxylic acid groups (broad SMARTS) is 1. The van der Waals surface area contributed by atoms with Crippen molar-refractivity contribution in [3.05, 3.63) is 42.0 Å². The molecule has 23 heavy (non-hydrogen) atoms. The minimum absolute atomic E-state index is 0.0635. The average Bonchev–Trinajstić information content (AvgIpc) is 3.15. The van der Waals surface area contributed by atoms with Crippen LogP contribution in [0.15, 0.2) is 36.4 Å². The predicted octanol–water partition coefficient (Wildman–Crippen LogP) is 1.93. The number of nitrogens with one attached hydrogen (secondary N) is 1. The van der Waals surface area contributed by atoms with Gasteiger partial charge < -0.3 is 15.2 Å². The van der Waals surface area contributed by atoms with Crippen LogP contribution < -0.4 is 5.32 Å². The van der Waals surface area contributed by atoms with E-state index in [0.717, 1.165) is 0 Å². The fourth-order valence-electron chi connectivity index (χ4n) is 3.61. The number of benzene rings is 1. The maximum atomic E-state index is 12.6. The number of carboxylic acids is 1. The molecule has 0 spiro atoms. The Morgan fingerprint density at radius 2 is 1.78 bits per heavy atom. The second kappa shape index (κ2) is 5.87. The maximum Gasteiger partial charge on any atom is 0.339 e. The number of para-hydroxylation sites is 1. The number of carbonyl (C=O) groups excluding carboxylic acids is 2. The van der Waals surface area contributed by atoms with Crippen LogP contribution in [0.25, 0.3) is 0 Å². The van der Waals surface area contributed by atoms with E-state index in [4.69, 9.17) is 4.74 Å². The molecule has 1 saturated carbocycles. The minimum atomic E-state index is -0.955. The summed E-state index contributed by atoms with van der Waals surface area (Å²) >= 11 is 0. The summed E-state index contributed by atoms with van der Waals surface area (Å²) in [5.74, 6) is -3.36. The quantitative estimate of drug-likeness (QED) is 0.654. The number of carbonyl (C=O) groups is 3. The average molecular weight is 315 g/mol. The van der Waals surface area contributed by atoms with Crippen LogP contribution in [0, 0.1) is 23.7 Å². The molecule has 2 bridgehead atoms. The molecule has 0 unspecified atom stereocenters. The van der Waals surface area contributed by atoms with E-state index >= 15 is 0 Å². The summed E-state index contributed by atoms with van der Waals surface area (Å²) < 4.78 is 4.70. The smallest absolute Gasteiger partial charge is 0.339 e. The van der Waals surface area contributed by atoms with Crippen LogP contribution >= 0.6 is 0 Å². The molecule has 1 fully saturated rings. The summed E-state index contributed by atoms with van der Waals surface area (Å²) in [6.07, 6.45) is 4.49. The first-order chi connectivity index (χ1) is 11.0. The summed E-state index contributed by atoms with van der Waals surface area (Å²) in [6.45, 7) is 0. The van der Waals surface area contributed by atoms with Crippen molar-refractivity contribution in [2.45, 2.75) is 6.42 Å². The van der Waals surface area contributed by atoms with Crippen LogP contribution in [-0.2, 0) is 14.3 Å². The van der Waals surface area contributed by atoms with Gasteiger partial charge >= 0.3 is 11.9 Å². The zero-order chi connectivity index (χ0) is 16.6. The van der Waals surface area contributed by atoms with Gasteiger partial charge in [0.15, 0.2) is 0 Å². The molecule has 4 atom stereocenters. The number of anilines is 1. The van der Waals surface area contributed by atoms with E-state index in [0.29, 0.717) is 12.1 Å². The van der Waals surface area contributed by atoms with Gasteiger partial charge in [-0.2, -0.15) is 0 Å². The third kappa shape index (κ3) is 2.60. The molecule has 1 aromatic rings. The highest BCUT2D eigenvalue weighted by Gasteiger charge is 2.51. The molecule has 0 saturated heterocycles. The fraction of sp³-hybridized carbons (Fsp3) is 0.353. The first-order valence-corrected chi connectivity index (χ1v) is 7.42. The van der Waals surface area contributed by atoms with E-state index in [2.05, 4.69) is 5.32 Å². The van der Waals surface area contributed by atoms with Crippen LogP contribution in [0.3, 0.4) is 0 Å². The lowest BCUT2D eigenvalue weighted by Gasteiger charge is -2.24. The molecular weight excluding hydrogens is 298 g/mol. The zero-order valence-corrected chi connectivity index (χ0v) is 12.6. The second-order valence-electron chi connectivity index (χ2n) is 5.86. The fourth-order valence-corrected chi connectivity index (χ4v) is 3.61. The Balaban J connectivity index is 1.84. The Morgan fingerprint density at radius 3 is 2.43 bits per heavy atom. The summed E-state index contributed by atoms with van der Waals surface area (Å²) in [7, 11) is 1.27. The summed E-state index contributed by atoms with van der Waals surface area (Å²) in [6, 6.07) is 6.51. The van der Waals surface area contributed by atoms with E-state index in [1.54, 1.807) is 24.3 Å². The van der Waals surface area contributed by atoms with Crippen molar-refractivity contribution in [1.82, 2.24) is 0 Å². The Morgan fingerprint density at radius 1 is 1.13 bits per heavy atom. The Labute approximate surface area is 133 Å². The molecule has 2 aliphatic rings. The number of amides is 1. The molecule has 0 radical (unpaired) electrons. The number of ether oxygens (including phenoxy) is 1. The Hall–Kier alpha value is -2.63. The van der Waals surface area contributed by atoms with Crippen LogP contribution in [0.4, 0.5) is 5.69 Å². The van der Waals surface area contributed by atoms with E-state index in [-0.39, 0.29) is 23.3 Å². The molecule has 2 aliphatic carbocycles. The van der Waals surface area contributed by atoms with Gasteiger partial charge in [0, 0.05) is 0 Å². The van der Waals surface area contributed by atoms with Crippen molar-refractivity contribution in [2.75, 3.05) is 12.4 Å². The summed E-state index contributed by atoms with van der Waals surface area (Å²) in [5.41, 5.74) is 0.578. The number of fused-ring (bicyclic) bond motifs is 2. The van der Waals surface area contributed by atoms with E-state index in [1.165, 1.54) is 7.11 Å². The molecule has 3 rings (SSSR count). The Kier molecular flexibility index (Phi) is 3.90. The number of allylic oxidation sites excluding steroid dienone is 2.